The van der Waals surface area contributed by atoms with Crippen LogP contribution in [0.5, 0.6) is 0 Å². The van der Waals surface area contributed by atoms with Gasteiger partial charge in [0, 0.05) is 13.1 Å². The minimum Gasteiger partial charge on any atom is -0.480 e. The van der Waals surface area contributed by atoms with Crippen molar-refractivity contribution >= 4 is 17.9 Å². The van der Waals surface area contributed by atoms with Crippen molar-refractivity contribution in [2.45, 2.75) is 50.6 Å². The van der Waals surface area contributed by atoms with E-state index in [1.807, 2.05) is 0 Å². The van der Waals surface area contributed by atoms with Gasteiger partial charge in [0.25, 0.3) is 0 Å². The number of nitrogens with one attached hydrogen (secondary N) is 2. The Kier molecular flexibility index (Phi) is 5.17. The fourth-order valence-corrected chi connectivity index (χ4v) is 3.62. The second-order valence-electron chi connectivity index (χ2n) is 5.84. The van der Waals surface area contributed by atoms with E-state index in [0.717, 1.165) is 25.7 Å². The molecular weight excluding hydrogens is 274 g/mol. The van der Waals surface area contributed by atoms with E-state index in [1.54, 1.807) is 4.90 Å². The van der Waals surface area contributed by atoms with E-state index in [-0.39, 0.29) is 12.6 Å². The lowest BCUT2D eigenvalue weighted by Crippen LogP contribution is -2.58. The molecule has 2 rings (SSSR count). The Bertz CT molecular complexity index is 426. The van der Waals surface area contributed by atoms with Crippen molar-refractivity contribution in [3.8, 4) is 0 Å². The van der Waals surface area contributed by atoms with Gasteiger partial charge in [-0.1, -0.05) is 12.8 Å². The Hall–Kier alpha value is -1.63. The molecule has 0 bridgehead atoms. The van der Waals surface area contributed by atoms with E-state index >= 15 is 0 Å². The van der Waals surface area contributed by atoms with Crippen LogP contribution in [-0.2, 0) is 9.59 Å². The average molecular weight is 297 g/mol. The van der Waals surface area contributed by atoms with Crippen molar-refractivity contribution in [1.29, 1.82) is 0 Å². The summed E-state index contributed by atoms with van der Waals surface area (Å²) in [7, 11) is 1.43. The first-order valence-corrected chi connectivity index (χ1v) is 7.53. The molecule has 3 N–H and O–H groups in total. The normalized spacial score (nSPS) is 29.3. The van der Waals surface area contributed by atoms with Crippen molar-refractivity contribution < 1.29 is 19.5 Å². The minimum absolute atomic E-state index is 0.0362. The average Bonchev–Trinajstić information content (AvgIpc) is 2.47. The van der Waals surface area contributed by atoms with Crippen LogP contribution in [0.15, 0.2) is 0 Å². The van der Waals surface area contributed by atoms with Gasteiger partial charge in [0.1, 0.15) is 6.04 Å². The van der Waals surface area contributed by atoms with E-state index in [0.29, 0.717) is 12.3 Å². The summed E-state index contributed by atoms with van der Waals surface area (Å²) in [6.07, 6.45) is 5.77. The number of carboxylic acids is 1. The Morgan fingerprint density at radius 1 is 1.14 bits per heavy atom. The fourth-order valence-electron chi connectivity index (χ4n) is 3.62. The van der Waals surface area contributed by atoms with E-state index in [9.17, 15) is 19.5 Å². The number of hydrogen-bond acceptors (Lipinski definition) is 4. The second-order valence-corrected chi connectivity index (χ2v) is 5.84. The molecule has 1 aliphatic heterocycles. The van der Waals surface area contributed by atoms with Crippen molar-refractivity contribution in [3.05, 3.63) is 0 Å². The first-order valence-electron chi connectivity index (χ1n) is 7.53. The number of carboxylic acid groups (broad SMARTS) is 1. The van der Waals surface area contributed by atoms with Gasteiger partial charge in [0.05, 0.1) is 6.54 Å². The molecule has 1 heterocycles. The summed E-state index contributed by atoms with van der Waals surface area (Å²) >= 11 is 0. The predicted octanol–water partition coefficient (Wildman–Crippen LogP) is 0.550. The number of rotatable bonds is 3. The third-order valence-electron chi connectivity index (χ3n) is 4.60. The number of imide groups is 1. The van der Waals surface area contributed by atoms with Crippen molar-refractivity contribution in [2.24, 2.45) is 5.92 Å². The van der Waals surface area contributed by atoms with Crippen LogP contribution in [-0.4, -0.2) is 53.6 Å². The predicted molar refractivity (Wildman–Crippen MR) is 75.7 cm³/mol. The molecule has 7 nitrogen and oxygen atoms in total. The standard InChI is InChI=1S/C14H23N3O4/c1-15-14(21)16-12(18)8-17-10-5-3-2-4-9(10)6-7-11(17)13(19)20/h9-11H,2-8H2,1H3,(H,19,20)(H2,15,16,18,21). The molecule has 3 atom stereocenters. The summed E-state index contributed by atoms with van der Waals surface area (Å²) in [5.41, 5.74) is 0. The molecule has 3 amide bonds. The van der Waals surface area contributed by atoms with Crippen LogP contribution in [0.2, 0.25) is 0 Å². The SMILES string of the molecule is CNC(=O)NC(=O)CN1C(C(=O)O)CCC2CCCCC21. The van der Waals surface area contributed by atoms with Crippen LogP contribution in [0.4, 0.5) is 4.79 Å². The molecule has 7 heteroatoms. The monoisotopic (exact) mass is 297 g/mol. The van der Waals surface area contributed by atoms with E-state index in [4.69, 9.17) is 0 Å². The molecule has 2 aliphatic rings. The summed E-state index contributed by atoms with van der Waals surface area (Å²) in [5.74, 6) is -0.860. The Morgan fingerprint density at radius 2 is 1.86 bits per heavy atom. The Labute approximate surface area is 124 Å². The van der Waals surface area contributed by atoms with Gasteiger partial charge in [-0.25, -0.2) is 4.79 Å². The number of carbonyl (C=O) groups is 3. The van der Waals surface area contributed by atoms with Crippen LogP contribution >= 0.6 is 0 Å². The summed E-state index contributed by atoms with van der Waals surface area (Å²) in [6.45, 7) is -0.0362. The molecule has 118 valence electrons. The van der Waals surface area contributed by atoms with Gasteiger partial charge >= 0.3 is 12.0 Å². The van der Waals surface area contributed by atoms with E-state index in [2.05, 4.69) is 10.6 Å². The van der Waals surface area contributed by atoms with Gasteiger partial charge in [-0.15, -0.1) is 0 Å². The van der Waals surface area contributed by atoms with Gasteiger partial charge in [-0.3, -0.25) is 19.8 Å². The lowest BCUT2D eigenvalue weighted by atomic mass is 9.76. The van der Waals surface area contributed by atoms with Crippen LogP contribution < -0.4 is 10.6 Å². The molecule has 0 spiro atoms. The topological polar surface area (TPSA) is 98.7 Å². The second kappa shape index (κ2) is 6.89. The highest BCUT2D eigenvalue weighted by Crippen LogP contribution is 2.37. The molecule has 2 fully saturated rings. The molecule has 21 heavy (non-hydrogen) atoms. The van der Waals surface area contributed by atoms with Gasteiger partial charge in [-0.05, 0) is 31.6 Å². The van der Waals surface area contributed by atoms with Gasteiger partial charge < -0.3 is 10.4 Å². The quantitative estimate of drug-likeness (QED) is 0.706. The molecule has 0 aromatic heterocycles. The number of fused-ring (bicyclic) bond motifs is 1. The fraction of sp³-hybridized carbons (Fsp3) is 0.786. The highest BCUT2D eigenvalue weighted by Gasteiger charge is 2.42. The van der Waals surface area contributed by atoms with Gasteiger partial charge in [0.15, 0.2) is 0 Å². The lowest BCUT2D eigenvalue weighted by Gasteiger charge is -2.46. The molecule has 3 unspecified atom stereocenters. The number of carbonyl (C=O) groups excluding carboxylic acids is 2. The zero-order valence-electron chi connectivity index (χ0n) is 12.3. The first-order chi connectivity index (χ1) is 10.0. The highest BCUT2D eigenvalue weighted by molar-refractivity contribution is 5.95. The molecular formula is C14H23N3O4. The molecule has 1 saturated heterocycles. The van der Waals surface area contributed by atoms with Crippen LogP contribution in [0, 0.1) is 5.92 Å². The number of hydrogen-bond donors (Lipinski definition) is 3. The number of likely N-dealkylation sites (tertiary alicyclic amines) is 1. The summed E-state index contributed by atoms with van der Waals surface area (Å²) in [6, 6.07) is -1.05. The number of piperidine rings is 1. The first kappa shape index (κ1) is 15.8. The smallest absolute Gasteiger partial charge is 0.321 e. The van der Waals surface area contributed by atoms with E-state index < -0.39 is 23.9 Å². The van der Waals surface area contributed by atoms with Gasteiger partial charge in [0.2, 0.25) is 5.91 Å². The maximum Gasteiger partial charge on any atom is 0.321 e. The number of nitrogens with zero attached hydrogens (tertiary/aromatic N) is 1. The summed E-state index contributed by atoms with van der Waals surface area (Å²) < 4.78 is 0. The third kappa shape index (κ3) is 3.72. The number of amides is 3. The number of urea groups is 1. The number of aliphatic carboxylic acids is 1. The summed E-state index contributed by atoms with van der Waals surface area (Å²) in [5, 5.41) is 13.9. The maximum absolute atomic E-state index is 11.9. The van der Waals surface area contributed by atoms with Crippen molar-refractivity contribution in [2.75, 3.05) is 13.6 Å². The molecule has 1 aliphatic carbocycles. The van der Waals surface area contributed by atoms with Crippen molar-refractivity contribution in [1.82, 2.24) is 15.5 Å². The molecule has 0 radical (unpaired) electrons. The van der Waals surface area contributed by atoms with Crippen LogP contribution in [0.1, 0.15) is 38.5 Å². The summed E-state index contributed by atoms with van der Waals surface area (Å²) in [4.78, 5) is 36.3. The van der Waals surface area contributed by atoms with Crippen LogP contribution in [0.3, 0.4) is 0 Å². The third-order valence-corrected chi connectivity index (χ3v) is 4.60. The zero-order valence-corrected chi connectivity index (χ0v) is 12.3. The molecule has 0 aromatic rings. The van der Waals surface area contributed by atoms with Gasteiger partial charge in [-0.2, -0.15) is 0 Å². The largest absolute Gasteiger partial charge is 0.480 e. The highest BCUT2D eigenvalue weighted by atomic mass is 16.4. The maximum atomic E-state index is 11.9. The minimum atomic E-state index is -0.883. The molecule has 0 aromatic carbocycles. The van der Waals surface area contributed by atoms with Crippen molar-refractivity contribution in [3.63, 3.8) is 0 Å². The van der Waals surface area contributed by atoms with E-state index in [1.165, 1.54) is 13.5 Å². The Balaban J connectivity index is 2.07. The lowest BCUT2D eigenvalue weighted by molar-refractivity contribution is -0.149. The van der Waals surface area contributed by atoms with Crippen LogP contribution in [0.25, 0.3) is 0 Å². The Morgan fingerprint density at radius 3 is 2.52 bits per heavy atom. The zero-order chi connectivity index (χ0) is 15.4. The molecule has 1 saturated carbocycles.